The SMILES string of the molecule is CCOC(=O)[C@@H]1CCCN(C2CCN(Cc3nc(Cc4ccccc4)no3)CC2)C1. The summed E-state index contributed by atoms with van der Waals surface area (Å²) in [7, 11) is 0. The number of esters is 1. The smallest absolute Gasteiger partial charge is 0.310 e. The van der Waals surface area contributed by atoms with Crippen molar-refractivity contribution in [3.63, 3.8) is 0 Å². The summed E-state index contributed by atoms with van der Waals surface area (Å²) in [5.74, 6) is 1.45. The largest absolute Gasteiger partial charge is 0.466 e. The first kappa shape index (κ1) is 21.0. The molecular formula is C23H32N4O3. The van der Waals surface area contributed by atoms with Gasteiger partial charge in [-0.25, -0.2) is 0 Å². The summed E-state index contributed by atoms with van der Waals surface area (Å²) in [4.78, 5) is 21.6. The second-order valence-electron chi connectivity index (χ2n) is 8.36. The number of carbonyl (C=O) groups is 1. The van der Waals surface area contributed by atoms with Crippen LogP contribution in [0.1, 0.15) is 49.9 Å². The normalized spacial score (nSPS) is 21.6. The van der Waals surface area contributed by atoms with Crippen molar-refractivity contribution in [3.8, 4) is 0 Å². The maximum atomic E-state index is 12.1. The Balaban J connectivity index is 1.23. The predicted molar refractivity (Wildman–Crippen MR) is 113 cm³/mol. The zero-order valence-corrected chi connectivity index (χ0v) is 17.8. The molecule has 7 heteroatoms. The lowest BCUT2D eigenvalue weighted by atomic mass is 9.94. The Hall–Kier alpha value is -2.25. The van der Waals surface area contributed by atoms with Crippen molar-refractivity contribution < 1.29 is 14.1 Å². The molecule has 7 nitrogen and oxygen atoms in total. The fraction of sp³-hybridized carbons (Fsp3) is 0.609. The van der Waals surface area contributed by atoms with Crippen LogP contribution in [0, 0.1) is 5.92 Å². The number of ether oxygens (including phenoxy) is 1. The van der Waals surface area contributed by atoms with E-state index in [9.17, 15) is 4.79 Å². The molecule has 0 bridgehead atoms. The van der Waals surface area contributed by atoms with Crippen molar-refractivity contribution in [3.05, 3.63) is 47.6 Å². The molecule has 30 heavy (non-hydrogen) atoms. The summed E-state index contributed by atoms with van der Waals surface area (Å²) in [6.07, 6.45) is 4.96. The van der Waals surface area contributed by atoms with Crippen molar-refractivity contribution >= 4 is 5.97 Å². The van der Waals surface area contributed by atoms with Crippen LogP contribution in [-0.2, 0) is 22.5 Å². The maximum Gasteiger partial charge on any atom is 0.310 e. The van der Waals surface area contributed by atoms with E-state index in [0.717, 1.165) is 57.7 Å². The zero-order valence-electron chi connectivity index (χ0n) is 17.8. The molecule has 0 amide bonds. The number of hydrogen-bond acceptors (Lipinski definition) is 7. The van der Waals surface area contributed by atoms with Crippen molar-refractivity contribution in [1.29, 1.82) is 0 Å². The van der Waals surface area contributed by atoms with E-state index >= 15 is 0 Å². The van der Waals surface area contributed by atoms with Crippen molar-refractivity contribution in [2.24, 2.45) is 5.92 Å². The molecule has 2 aliphatic heterocycles. The van der Waals surface area contributed by atoms with Gasteiger partial charge >= 0.3 is 5.97 Å². The van der Waals surface area contributed by atoms with Crippen LogP contribution in [0.5, 0.6) is 0 Å². The molecule has 0 aliphatic carbocycles. The highest BCUT2D eigenvalue weighted by Crippen LogP contribution is 2.25. The van der Waals surface area contributed by atoms with Crippen molar-refractivity contribution in [2.45, 2.75) is 51.6 Å². The summed E-state index contributed by atoms with van der Waals surface area (Å²) < 4.78 is 10.7. The molecule has 0 spiro atoms. The minimum atomic E-state index is -0.0256. The Labute approximate surface area is 178 Å². The standard InChI is InChI=1S/C23H32N4O3/c1-2-29-23(28)19-9-6-12-27(16-19)20-10-13-26(14-11-20)17-22-24-21(25-30-22)15-18-7-4-3-5-8-18/h3-5,7-8,19-20H,2,6,9-17H2,1H3/t19-/m1/s1. The van der Waals surface area contributed by atoms with E-state index in [2.05, 4.69) is 32.1 Å². The summed E-state index contributed by atoms with van der Waals surface area (Å²) in [5.41, 5.74) is 1.19. The second-order valence-corrected chi connectivity index (χ2v) is 8.36. The Bertz CT molecular complexity index is 802. The van der Waals surface area contributed by atoms with E-state index in [0.29, 0.717) is 31.5 Å². The summed E-state index contributed by atoms with van der Waals surface area (Å²) >= 11 is 0. The number of piperidine rings is 2. The van der Waals surface area contributed by atoms with E-state index in [4.69, 9.17) is 9.26 Å². The molecule has 0 saturated carbocycles. The van der Waals surface area contributed by atoms with E-state index in [1.807, 2.05) is 25.1 Å². The van der Waals surface area contributed by atoms with Crippen LogP contribution in [0.4, 0.5) is 0 Å². The highest BCUT2D eigenvalue weighted by atomic mass is 16.5. The average molecular weight is 413 g/mol. The molecule has 2 fully saturated rings. The number of aromatic nitrogens is 2. The van der Waals surface area contributed by atoms with Gasteiger partial charge in [-0.3, -0.25) is 14.6 Å². The number of nitrogens with zero attached hydrogens (tertiary/aromatic N) is 4. The average Bonchev–Trinajstić information content (AvgIpc) is 3.22. The van der Waals surface area contributed by atoms with Gasteiger partial charge in [0, 0.05) is 32.1 Å². The van der Waals surface area contributed by atoms with Crippen molar-refractivity contribution in [1.82, 2.24) is 19.9 Å². The molecule has 2 saturated heterocycles. The van der Waals surface area contributed by atoms with E-state index in [-0.39, 0.29) is 11.9 Å². The van der Waals surface area contributed by atoms with Gasteiger partial charge in [0.1, 0.15) is 0 Å². The minimum absolute atomic E-state index is 0.0256. The van der Waals surface area contributed by atoms with Crippen LogP contribution in [0.25, 0.3) is 0 Å². The summed E-state index contributed by atoms with van der Waals surface area (Å²) in [5, 5.41) is 4.14. The van der Waals surface area contributed by atoms with Crippen LogP contribution in [0.15, 0.2) is 34.9 Å². The fourth-order valence-electron chi connectivity index (χ4n) is 4.63. The van der Waals surface area contributed by atoms with Crippen LogP contribution in [-0.4, -0.2) is 64.7 Å². The van der Waals surface area contributed by atoms with Gasteiger partial charge in [-0.1, -0.05) is 35.5 Å². The quantitative estimate of drug-likeness (QED) is 0.648. The predicted octanol–water partition coefficient (Wildman–Crippen LogP) is 2.90. The Morgan fingerprint density at radius 1 is 1.17 bits per heavy atom. The topological polar surface area (TPSA) is 71.7 Å². The van der Waals surface area contributed by atoms with Crippen LogP contribution in [0.3, 0.4) is 0 Å². The molecular weight excluding hydrogens is 380 g/mol. The number of carbonyl (C=O) groups excluding carboxylic acids is 1. The van der Waals surface area contributed by atoms with Gasteiger partial charge in [-0.2, -0.15) is 4.98 Å². The van der Waals surface area contributed by atoms with Gasteiger partial charge in [0.05, 0.1) is 19.1 Å². The van der Waals surface area contributed by atoms with E-state index in [1.54, 1.807) is 0 Å². The van der Waals surface area contributed by atoms with Gasteiger partial charge in [0.2, 0.25) is 5.89 Å². The molecule has 3 heterocycles. The lowest BCUT2D eigenvalue weighted by molar-refractivity contribution is -0.150. The lowest BCUT2D eigenvalue weighted by Crippen LogP contribution is -2.49. The first-order valence-electron chi connectivity index (χ1n) is 11.2. The van der Waals surface area contributed by atoms with Gasteiger partial charge in [-0.15, -0.1) is 0 Å². The van der Waals surface area contributed by atoms with Crippen molar-refractivity contribution in [2.75, 3.05) is 32.8 Å². The highest BCUT2D eigenvalue weighted by molar-refractivity contribution is 5.72. The molecule has 2 aliphatic rings. The van der Waals surface area contributed by atoms with Gasteiger partial charge in [0.25, 0.3) is 0 Å². The molecule has 1 atom stereocenters. The van der Waals surface area contributed by atoms with E-state index in [1.165, 1.54) is 5.56 Å². The third-order valence-corrected chi connectivity index (χ3v) is 6.22. The monoisotopic (exact) mass is 412 g/mol. The summed E-state index contributed by atoms with van der Waals surface area (Å²) in [6, 6.07) is 10.8. The second kappa shape index (κ2) is 10.2. The minimum Gasteiger partial charge on any atom is -0.466 e. The molecule has 2 aromatic rings. The first-order valence-corrected chi connectivity index (χ1v) is 11.2. The van der Waals surface area contributed by atoms with E-state index < -0.39 is 0 Å². The Morgan fingerprint density at radius 2 is 1.97 bits per heavy atom. The number of likely N-dealkylation sites (tertiary alicyclic amines) is 2. The molecule has 1 aromatic heterocycles. The Kier molecular flexibility index (Phi) is 7.12. The number of rotatable bonds is 7. The lowest BCUT2D eigenvalue weighted by Gasteiger charge is -2.41. The number of hydrogen-bond donors (Lipinski definition) is 0. The Morgan fingerprint density at radius 3 is 2.73 bits per heavy atom. The molecule has 0 unspecified atom stereocenters. The third kappa shape index (κ3) is 5.46. The number of benzene rings is 1. The maximum absolute atomic E-state index is 12.1. The first-order chi connectivity index (χ1) is 14.7. The van der Waals surface area contributed by atoms with Gasteiger partial charge in [-0.05, 0) is 44.7 Å². The molecule has 0 N–H and O–H groups in total. The van der Waals surface area contributed by atoms with Gasteiger partial charge < -0.3 is 9.26 Å². The molecule has 0 radical (unpaired) electrons. The van der Waals surface area contributed by atoms with Crippen LogP contribution < -0.4 is 0 Å². The van der Waals surface area contributed by atoms with Gasteiger partial charge in [0.15, 0.2) is 5.82 Å². The summed E-state index contributed by atoms with van der Waals surface area (Å²) in [6.45, 7) is 7.02. The van der Waals surface area contributed by atoms with Crippen LogP contribution in [0.2, 0.25) is 0 Å². The zero-order chi connectivity index (χ0) is 20.8. The van der Waals surface area contributed by atoms with Crippen LogP contribution >= 0.6 is 0 Å². The fourth-order valence-corrected chi connectivity index (χ4v) is 4.63. The molecule has 162 valence electrons. The third-order valence-electron chi connectivity index (χ3n) is 6.22. The molecule has 4 rings (SSSR count). The highest BCUT2D eigenvalue weighted by Gasteiger charge is 2.32. The molecule has 1 aromatic carbocycles.